The molecule has 2 amide bonds. The smallest absolute Gasteiger partial charge is 0.325 e. The van der Waals surface area contributed by atoms with E-state index in [1.54, 1.807) is 31.4 Å². The molecule has 154 valence electrons. The van der Waals surface area contributed by atoms with Gasteiger partial charge in [-0.05, 0) is 49.5 Å². The van der Waals surface area contributed by atoms with Gasteiger partial charge in [-0.2, -0.15) is 5.26 Å². The fraction of sp³-hybridized carbons (Fsp3) is 0.455. The Balaban J connectivity index is 2.64. The van der Waals surface area contributed by atoms with Crippen molar-refractivity contribution in [1.29, 1.82) is 5.26 Å². The second kappa shape index (κ2) is 8.48. The normalized spacial score (nSPS) is 16.4. The molecule has 2 heterocycles. The van der Waals surface area contributed by atoms with Crippen LogP contribution < -0.4 is 0 Å². The predicted octanol–water partition coefficient (Wildman–Crippen LogP) is 2.96. The topological polar surface area (TPSA) is 92.4 Å². The van der Waals surface area contributed by atoms with Crippen molar-refractivity contribution in [2.75, 3.05) is 13.2 Å². The van der Waals surface area contributed by atoms with Crippen molar-refractivity contribution in [3.8, 4) is 6.07 Å². The van der Waals surface area contributed by atoms with E-state index in [-0.39, 0.29) is 42.2 Å². The first-order valence-corrected chi connectivity index (χ1v) is 9.60. The maximum absolute atomic E-state index is 12.9. The molecule has 0 atom stereocenters. The second-order valence-corrected chi connectivity index (χ2v) is 7.86. The average Bonchev–Trinajstić information content (AvgIpc) is 3.02. The van der Waals surface area contributed by atoms with Gasteiger partial charge in [0.1, 0.15) is 18.2 Å². The number of nitriles is 1. The minimum absolute atomic E-state index is 0.00150. The molecule has 0 saturated heterocycles. The van der Waals surface area contributed by atoms with E-state index in [1.165, 1.54) is 0 Å². The first-order valence-electron chi connectivity index (χ1n) is 9.60. The Labute approximate surface area is 171 Å². The first-order chi connectivity index (χ1) is 13.5. The van der Waals surface area contributed by atoms with Gasteiger partial charge in [0.25, 0.3) is 11.8 Å². The monoisotopic (exact) mass is 397 g/mol. The molecule has 0 spiro atoms. The molecule has 7 nitrogen and oxygen atoms in total. The van der Waals surface area contributed by atoms with Crippen LogP contribution in [0.2, 0.25) is 0 Å². The molecular weight excluding hydrogens is 370 g/mol. The molecule has 1 aliphatic rings. The second-order valence-electron chi connectivity index (χ2n) is 7.86. The molecule has 0 aromatic carbocycles. The van der Waals surface area contributed by atoms with Crippen molar-refractivity contribution >= 4 is 23.9 Å². The minimum atomic E-state index is -0.577. The van der Waals surface area contributed by atoms with Gasteiger partial charge in [-0.1, -0.05) is 20.8 Å². The molecule has 0 aliphatic carbocycles. The molecule has 1 aromatic heterocycles. The summed E-state index contributed by atoms with van der Waals surface area (Å²) in [4.78, 5) is 38.3. The van der Waals surface area contributed by atoms with Crippen molar-refractivity contribution in [3.63, 3.8) is 0 Å². The van der Waals surface area contributed by atoms with Gasteiger partial charge in [0, 0.05) is 24.0 Å². The Morgan fingerprint density at radius 2 is 1.90 bits per heavy atom. The lowest BCUT2D eigenvalue weighted by atomic mass is 9.89. The molecule has 7 heteroatoms. The van der Waals surface area contributed by atoms with Crippen molar-refractivity contribution in [1.82, 2.24) is 9.47 Å². The van der Waals surface area contributed by atoms with Crippen LogP contribution in [0.1, 0.15) is 52.8 Å². The number of carbonyl (C=O) groups is 3. The molecule has 1 aromatic rings. The molecule has 0 saturated carbocycles. The summed E-state index contributed by atoms with van der Waals surface area (Å²) in [5.41, 5.74) is 2.02. The van der Waals surface area contributed by atoms with Gasteiger partial charge in [0.15, 0.2) is 0 Å². The van der Waals surface area contributed by atoms with Gasteiger partial charge in [-0.25, -0.2) is 0 Å². The van der Waals surface area contributed by atoms with E-state index in [9.17, 15) is 19.6 Å². The maximum atomic E-state index is 12.9. The van der Waals surface area contributed by atoms with Crippen molar-refractivity contribution in [3.05, 3.63) is 40.2 Å². The first kappa shape index (κ1) is 22.2. The lowest BCUT2D eigenvalue weighted by Crippen LogP contribution is -2.42. The van der Waals surface area contributed by atoms with Gasteiger partial charge in [0.2, 0.25) is 0 Å². The van der Waals surface area contributed by atoms with E-state index in [1.807, 2.05) is 18.3 Å². The molecule has 29 heavy (non-hydrogen) atoms. The fourth-order valence-electron chi connectivity index (χ4n) is 3.10. The number of carbonyl (C=O) groups excluding carboxylic acids is 3. The van der Waals surface area contributed by atoms with Gasteiger partial charge in [0.05, 0.1) is 6.61 Å². The Morgan fingerprint density at radius 1 is 1.24 bits per heavy atom. The van der Waals surface area contributed by atoms with Crippen LogP contribution in [0.5, 0.6) is 0 Å². The SMILES string of the molecule is CCOC(=O)Cn1cc(C(C)(C)C)cc1/C=C1/C(=O)N(CC)C(=O)C(C#N)=C1C. The van der Waals surface area contributed by atoms with Gasteiger partial charge >= 0.3 is 5.97 Å². The Morgan fingerprint density at radius 3 is 2.41 bits per heavy atom. The van der Waals surface area contributed by atoms with Crippen LogP contribution in [0.3, 0.4) is 0 Å². The summed E-state index contributed by atoms with van der Waals surface area (Å²) in [6.45, 7) is 11.6. The number of hydrogen-bond acceptors (Lipinski definition) is 5. The van der Waals surface area contributed by atoms with Gasteiger partial charge in [-0.3, -0.25) is 19.3 Å². The van der Waals surface area contributed by atoms with E-state index >= 15 is 0 Å². The van der Waals surface area contributed by atoms with E-state index < -0.39 is 11.8 Å². The molecule has 2 rings (SSSR count). The van der Waals surface area contributed by atoms with Gasteiger partial charge in [-0.15, -0.1) is 0 Å². The Bertz CT molecular complexity index is 952. The standard InChI is InChI=1S/C22H27N3O4/c1-7-25-20(27)17(14(3)18(11-23)21(25)28)10-16-9-15(22(4,5)6)12-24(16)13-19(26)29-8-2/h9-10,12H,7-8,13H2,1-6H3/b17-10+. The van der Waals surface area contributed by atoms with Gasteiger partial charge < -0.3 is 9.30 Å². The van der Waals surface area contributed by atoms with Crippen LogP contribution in [0.25, 0.3) is 6.08 Å². The lowest BCUT2D eigenvalue weighted by molar-refractivity contribution is -0.144. The zero-order valence-electron chi connectivity index (χ0n) is 17.8. The maximum Gasteiger partial charge on any atom is 0.325 e. The van der Waals surface area contributed by atoms with Crippen LogP contribution in [-0.2, 0) is 31.1 Å². The summed E-state index contributed by atoms with van der Waals surface area (Å²) in [5.74, 6) is -1.41. The predicted molar refractivity (Wildman–Crippen MR) is 108 cm³/mol. The van der Waals surface area contributed by atoms with Crippen molar-refractivity contribution in [2.24, 2.45) is 0 Å². The summed E-state index contributed by atoms with van der Waals surface area (Å²) >= 11 is 0. The number of esters is 1. The average molecular weight is 397 g/mol. The van der Waals surface area contributed by atoms with Crippen molar-refractivity contribution < 1.29 is 19.1 Å². The molecular formula is C22H27N3O4. The number of rotatable bonds is 5. The summed E-state index contributed by atoms with van der Waals surface area (Å²) in [6.07, 6.45) is 3.50. The zero-order valence-corrected chi connectivity index (χ0v) is 17.8. The van der Waals surface area contributed by atoms with E-state index in [0.717, 1.165) is 10.5 Å². The zero-order chi connectivity index (χ0) is 21.9. The van der Waals surface area contributed by atoms with E-state index in [0.29, 0.717) is 11.3 Å². The molecule has 0 fully saturated rings. The highest BCUT2D eigenvalue weighted by molar-refractivity contribution is 6.19. The number of imide groups is 1. The summed E-state index contributed by atoms with van der Waals surface area (Å²) in [6, 6.07) is 3.82. The van der Waals surface area contributed by atoms with Crippen LogP contribution in [0.15, 0.2) is 29.0 Å². The molecule has 0 radical (unpaired) electrons. The number of nitrogens with zero attached hydrogens (tertiary/aromatic N) is 3. The summed E-state index contributed by atoms with van der Waals surface area (Å²) in [5, 5.41) is 9.40. The molecule has 0 unspecified atom stereocenters. The number of hydrogen-bond donors (Lipinski definition) is 0. The third kappa shape index (κ3) is 4.48. The van der Waals surface area contributed by atoms with Crippen molar-refractivity contribution in [2.45, 2.75) is 53.5 Å². The lowest BCUT2D eigenvalue weighted by Gasteiger charge is -2.26. The van der Waals surface area contributed by atoms with Crippen LogP contribution >= 0.6 is 0 Å². The highest BCUT2D eigenvalue weighted by atomic mass is 16.5. The summed E-state index contributed by atoms with van der Waals surface area (Å²) < 4.78 is 6.79. The molecule has 0 bridgehead atoms. The molecule has 1 aliphatic heterocycles. The number of likely N-dealkylation sites (N-methyl/N-ethyl adjacent to an activating group) is 1. The van der Waals surface area contributed by atoms with E-state index in [2.05, 4.69) is 20.8 Å². The number of amides is 2. The fourth-order valence-corrected chi connectivity index (χ4v) is 3.10. The van der Waals surface area contributed by atoms with Crippen LogP contribution in [0.4, 0.5) is 0 Å². The quantitative estimate of drug-likeness (QED) is 0.433. The Hall–Kier alpha value is -3.14. The molecule has 0 N–H and O–H groups in total. The minimum Gasteiger partial charge on any atom is -0.465 e. The number of ether oxygens (including phenoxy) is 1. The number of aromatic nitrogens is 1. The highest BCUT2D eigenvalue weighted by Gasteiger charge is 2.34. The van der Waals surface area contributed by atoms with Crippen LogP contribution in [0, 0.1) is 11.3 Å². The largest absolute Gasteiger partial charge is 0.465 e. The Kier molecular flexibility index (Phi) is 6.48. The van der Waals surface area contributed by atoms with Crippen LogP contribution in [-0.4, -0.2) is 40.4 Å². The highest BCUT2D eigenvalue weighted by Crippen LogP contribution is 2.30. The third-order valence-electron chi connectivity index (χ3n) is 4.83. The third-order valence-corrected chi connectivity index (χ3v) is 4.83. The summed E-state index contributed by atoms with van der Waals surface area (Å²) in [7, 11) is 0. The van der Waals surface area contributed by atoms with E-state index in [4.69, 9.17) is 4.74 Å².